The van der Waals surface area contributed by atoms with Gasteiger partial charge < -0.3 is 15.2 Å². The van der Waals surface area contributed by atoms with Crippen molar-refractivity contribution in [2.24, 2.45) is 0 Å². The third-order valence-electron chi connectivity index (χ3n) is 3.89. The van der Waals surface area contributed by atoms with Gasteiger partial charge in [-0.15, -0.1) is 0 Å². The number of aliphatic hydroxyl groups is 1. The van der Waals surface area contributed by atoms with E-state index < -0.39 is 11.9 Å². The second kappa shape index (κ2) is 9.15. The Morgan fingerprint density at radius 3 is 2.60 bits per heavy atom. The van der Waals surface area contributed by atoms with Crippen molar-refractivity contribution in [3.05, 3.63) is 59.9 Å². The van der Waals surface area contributed by atoms with Crippen LogP contribution in [-0.4, -0.2) is 42.7 Å². The first-order valence-corrected chi connectivity index (χ1v) is 8.12. The number of hydrogen-bond acceptors (Lipinski definition) is 4. The highest BCUT2D eigenvalue weighted by Gasteiger charge is 2.18. The van der Waals surface area contributed by atoms with E-state index in [1.165, 1.54) is 13.2 Å². The molecular formula is C19H23FN2O3. The molecule has 25 heavy (non-hydrogen) atoms. The largest absolute Gasteiger partial charge is 0.495 e. The molecule has 134 valence electrons. The molecule has 0 spiro atoms. The van der Waals surface area contributed by atoms with E-state index >= 15 is 0 Å². The van der Waals surface area contributed by atoms with Crippen LogP contribution in [0.3, 0.4) is 0 Å². The van der Waals surface area contributed by atoms with Gasteiger partial charge in [-0.2, -0.15) is 0 Å². The normalized spacial score (nSPS) is 12.0. The van der Waals surface area contributed by atoms with E-state index in [-0.39, 0.29) is 24.6 Å². The van der Waals surface area contributed by atoms with Crippen molar-refractivity contribution >= 4 is 11.6 Å². The number of likely N-dealkylation sites (N-methyl/N-ethyl adjacent to an activating group) is 1. The average Bonchev–Trinajstić information content (AvgIpc) is 2.61. The molecule has 0 aliphatic carbocycles. The highest BCUT2D eigenvalue weighted by molar-refractivity contribution is 5.93. The summed E-state index contributed by atoms with van der Waals surface area (Å²) in [6, 6.07) is 13.2. The second-order valence-corrected chi connectivity index (χ2v) is 5.61. The van der Waals surface area contributed by atoms with Crippen molar-refractivity contribution in [2.75, 3.05) is 32.1 Å². The van der Waals surface area contributed by atoms with E-state index in [0.29, 0.717) is 18.0 Å². The fraction of sp³-hybridized carbons (Fsp3) is 0.316. The van der Waals surface area contributed by atoms with Gasteiger partial charge in [-0.1, -0.05) is 37.3 Å². The Kier molecular flexibility index (Phi) is 6.91. The molecule has 0 aliphatic heterocycles. The van der Waals surface area contributed by atoms with E-state index in [9.17, 15) is 14.3 Å². The zero-order chi connectivity index (χ0) is 18.2. The summed E-state index contributed by atoms with van der Waals surface area (Å²) in [5.74, 6) is -0.109. The summed E-state index contributed by atoms with van der Waals surface area (Å²) in [4.78, 5) is 14.0. The van der Waals surface area contributed by atoms with E-state index in [4.69, 9.17) is 4.74 Å². The van der Waals surface area contributed by atoms with Gasteiger partial charge in [0.1, 0.15) is 11.6 Å². The van der Waals surface area contributed by atoms with Gasteiger partial charge in [-0.3, -0.25) is 9.69 Å². The van der Waals surface area contributed by atoms with Crippen LogP contribution in [-0.2, 0) is 4.79 Å². The van der Waals surface area contributed by atoms with Crippen LogP contribution in [0.5, 0.6) is 5.75 Å². The Morgan fingerprint density at radius 2 is 1.92 bits per heavy atom. The molecular weight excluding hydrogens is 323 g/mol. The lowest BCUT2D eigenvalue weighted by atomic mass is 10.1. The fourth-order valence-electron chi connectivity index (χ4n) is 2.53. The molecule has 0 radical (unpaired) electrons. The minimum atomic E-state index is -1.000. The number of benzene rings is 2. The van der Waals surface area contributed by atoms with Crippen LogP contribution in [0.4, 0.5) is 10.1 Å². The number of halogens is 1. The van der Waals surface area contributed by atoms with Gasteiger partial charge in [-0.25, -0.2) is 4.39 Å². The SMILES string of the molecule is CCN(CC(=O)Nc1ccccc1OC)CC(O)c1ccccc1F. The van der Waals surface area contributed by atoms with Crippen molar-refractivity contribution in [1.29, 1.82) is 0 Å². The number of nitrogens with zero attached hydrogens (tertiary/aromatic N) is 1. The van der Waals surface area contributed by atoms with Crippen molar-refractivity contribution in [3.63, 3.8) is 0 Å². The van der Waals surface area contributed by atoms with Crippen molar-refractivity contribution in [3.8, 4) is 5.75 Å². The van der Waals surface area contributed by atoms with Crippen LogP contribution in [0.15, 0.2) is 48.5 Å². The summed E-state index contributed by atoms with van der Waals surface area (Å²) in [6.07, 6.45) is -1.000. The molecule has 1 atom stereocenters. The van der Waals surface area contributed by atoms with Crippen LogP contribution in [0.1, 0.15) is 18.6 Å². The molecule has 2 aromatic carbocycles. The molecule has 6 heteroatoms. The molecule has 0 saturated heterocycles. The van der Waals surface area contributed by atoms with Gasteiger partial charge in [-0.05, 0) is 24.7 Å². The standard InChI is InChI=1S/C19H23FN2O3/c1-3-22(12-17(23)14-8-4-5-9-15(14)20)13-19(24)21-16-10-6-7-11-18(16)25-2/h4-11,17,23H,3,12-13H2,1-2H3,(H,21,24). The predicted octanol–water partition coefficient (Wildman–Crippen LogP) is 2.83. The Bertz CT molecular complexity index is 709. The molecule has 0 aliphatic rings. The first-order valence-electron chi connectivity index (χ1n) is 8.12. The Hall–Kier alpha value is -2.44. The van der Waals surface area contributed by atoms with Crippen LogP contribution in [0.2, 0.25) is 0 Å². The first kappa shape index (κ1) is 18.9. The highest BCUT2D eigenvalue weighted by Crippen LogP contribution is 2.23. The Labute approximate surface area is 147 Å². The van der Waals surface area contributed by atoms with Crippen molar-refractivity contribution in [1.82, 2.24) is 4.90 Å². The number of carbonyl (C=O) groups is 1. The van der Waals surface area contributed by atoms with Gasteiger partial charge in [0.15, 0.2) is 0 Å². The number of para-hydroxylation sites is 2. The topological polar surface area (TPSA) is 61.8 Å². The number of nitrogens with one attached hydrogen (secondary N) is 1. The van der Waals surface area contributed by atoms with Crippen molar-refractivity contribution in [2.45, 2.75) is 13.0 Å². The Morgan fingerprint density at radius 1 is 1.24 bits per heavy atom. The molecule has 0 saturated carbocycles. The highest BCUT2D eigenvalue weighted by atomic mass is 19.1. The zero-order valence-electron chi connectivity index (χ0n) is 14.4. The molecule has 2 rings (SSSR count). The summed E-state index contributed by atoms with van der Waals surface area (Å²) < 4.78 is 19.0. The minimum absolute atomic E-state index is 0.0834. The number of anilines is 1. The quantitative estimate of drug-likeness (QED) is 0.772. The summed E-state index contributed by atoms with van der Waals surface area (Å²) in [7, 11) is 1.54. The minimum Gasteiger partial charge on any atom is -0.495 e. The lowest BCUT2D eigenvalue weighted by Crippen LogP contribution is -2.36. The third kappa shape index (κ3) is 5.27. The van der Waals surface area contributed by atoms with Gasteiger partial charge in [0.25, 0.3) is 0 Å². The smallest absolute Gasteiger partial charge is 0.238 e. The predicted molar refractivity (Wildman–Crippen MR) is 95.1 cm³/mol. The summed E-state index contributed by atoms with van der Waals surface area (Å²) in [5, 5.41) is 13.0. The van der Waals surface area contributed by atoms with Gasteiger partial charge in [0.2, 0.25) is 5.91 Å². The number of aliphatic hydroxyl groups excluding tert-OH is 1. The monoisotopic (exact) mass is 346 g/mol. The van der Waals surface area contributed by atoms with Crippen LogP contribution >= 0.6 is 0 Å². The number of carbonyl (C=O) groups excluding carboxylic acids is 1. The second-order valence-electron chi connectivity index (χ2n) is 5.61. The summed E-state index contributed by atoms with van der Waals surface area (Å²) >= 11 is 0. The van der Waals surface area contributed by atoms with E-state index in [2.05, 4.69) is 5.32 Å². The molecule has 2 aromatic rings. The van der Waals surface area contributed by atoms with Crippen molar-refractivity contribution < 1.29 is 19.0 Å². The van der Waals surface area contributed by atoms with Crippen LogP contribution < -0.4 is 10.1 Å². The van der Waals surface area contributed by atoms with E-state index in [1.807, 2.05) is 13.0 Å². The maximum atomic E-state index is 13.8. The first-order chi connectivity index (χ1) is 12.0. The lowest BCUT2D eigenvalue weighted by Gasteiger charge is -2.23. The number of rotatable bonds is 8. The van der Waals surface area contributed by atoms with E-state index in [0.717, 1.165) is 0 Å². The molecule has 0 bridgehead atoms. The number of ether oxygens (including phenoxy) is 1. The molecule has 1 amide bonds. The lowest BCUT2D eigenvalue weighted by molar-refractivity contribution is -0.117. The van der Waals surface area contributed by atoms with Crippen LogP contribution in [0, 0.1) is 5.82 Å². The van der Waals surface area contributed by atoms with Gasteiger partial charge in [0.05, 0.1) is 25.4 Å². The van der Waals surface area contributed by atoms with Crippen LogP contribution in [0.25, 0.3) is 0 Å². The fourth-order valence-corrected chi connectivity index (χ4v) is 2.53. The third-order valence-corrected chi connectivity index (χ3v) is 3.89. The molecule has 2 N–H and O–H groups in total. The average molecular weight is 346 g/mol. The number of methoxy groups -OCH3 is 1. The molecule has 1 unspecified atom stereocenters. The Balaban J connectivity index is 1.97. The molecule has 0 heterocycles. The van der Waals surface area contributed by atoms with Gasteiger partial charge >= 0.3 is 0 Å². The number of amides is 1. The maximum absolute atomic E-state index is 13.8. The molecule has 0 aromatic heterocycles. The summed E-state index contributed by atoms with van der Waals surface area (Å²) in [6.45, 7) is 2.67. The van der Waals surface area contributed by atoms with E-state index in [1.54, 1.807) is 41.3 Å². The summed E-state index contributed by atoms with van der Waals surface area (Å²) in [5.41, 5.74) is 0.812. The maximum Gasteiger partial charge on any atom is 0.238 e. The van der Waals surface area contributed by atoms with Gasteiger partial charge in [0, 0.05) is 12.1 Å². The molecule has 0 fully saturated rings. The zero-order valence-corrected chi connectivity index (χ0v) is 14.4. The number of hydrogen-bond donors (Lipinski definition) is 2. The molecule has 5 nitrogen and oxygen atoms in total.